The van der Waals surface area contributed by atoms with Gasteiger partial charge in [-0.05, 0) is 55.2 Å². The summed E-state index contributed by atoms with van der Waals surface area (Å²) in [5, 5.41) is 4.71. The first-order valence-electron chi connectivity index (χ1n) is 12.7. The van der Waals surface area contributed by atoms with E-state index in [4.69, 9.17) is 0 Å². The number of fused-ring (bicyclic) bond motifs is 1. The molecule has 0 unspecified atom stereocenters. The second-order valence-electron chi connectivity index (χ2n) is 9.52. The number of carbonyl (C=O) groups is 2. The van der Waals surface area contributed by atoms with Crippen LogP contribution in [-0.4, -0.2) is 55.1 Å². The highest BCUT2D eigenvalue weighted by Crippen LogP contribution is 2.22. The molecular formula is C29H37N3O4S. The van der Waals surface area contributed by atoms with Crippen molar-refractivity contribution in [3.05, 3.63) is 77.9 Å². The van der Waals surface area contributed by atoms with Crippen LogP contribution in [0.1, 0.15) is 44.7 Å². The smallest absolute Gasteiger partial charge is 0.243 e. The van der Waals surface area contributed by atoms with Crippen molar-refractivity contribution >= 4 is 32.6 Å². The monoisotopic (exact) mass is 523 g/mol. The molecular weight excluding hydrogens is 486 g/mol. The lowest BCUT2D eigenvalue weighted by Crippen LogP contribution is -2.53. The maximum Gasteiger partial charge on any atom is 0.243 e. The average Bonchev–Trinajstić information content (AvgIpc) is 2.89. The van der Waals surface area contributed by atoms with E-state index in [-0.39, 0.29) is 29.9 Å². The lowest BCUT2D eigenvalue weighted by atomic mass is 10.1. The van der Waals surface area contributed by atoms with E-state index in [1.54, 1.807) is 18.2 Å². The number of rotatable bonds is 11. The van der Waals surface area contributed by atoms with Crippen LogP contribution in [0.3, 0.4) is 0 Å². The third kappa shape index (κ3) is 6.96. The maximum atomic E-state index is 13.6. The van der Waals surface area contributed by atoms with Crippen molar-refractivity contribution < 1.29 is 18.0 Å². The molecule has 1 N–H and O–H groups in total. The van der Waals surface area contributed by atoms with Crippen LogP contribution in [0.2, 0.25) is 0 Å². The molecule has 3 rings (SSSR count). The highest BCUT2D eigenvalue weighted by atomic mass is 32.2. The maximum absolute atomic E-state index is 13.6. The summed E-state index contributed by atoms with van der Waals surface area (Å²) in [4.78, 5) is 28.4. The Balaban J connectivity index is 1.88. The molecule has 2 amide bonds. The topological polar surface area (TPSA) is 86.8 Å². The Morgan fingerprint density at radius 1 is 0.919 bits per heavy atom. The van der Waals surface area contributed by atoms with E-state index in [1.165, 1.54) is 11.9 Å². The molecule has 0 fully saturated rings. The van der Waals surface area contributed by atoms with Gasteiger partial charge in [-0.3, -0.25) is 9.59 Å². The van der Waals surface area contributed by atoms with E-state index in [9.17, 15) is 18.0 Å². The van der Waals surface area contributed by atoms with Gasteiger partial charge in [0.25, 0.3) is 0 Å². The Morgan fingerprint density at radius 3 is 2.19 bits per heavy atom. The predicted octanol–water partition coefficient (Wildman–Crippen LogP) is 4.49. The van der Waals surface area contributed by atoms with E-state index >= 15 is 0 Å². The van der Waals surface area contributed by atoms with Crippen LogP contribution in [0.5, 0.6) is 0 Å². The third-order valence-electron chi connectivity index (χ3n) is 6.65. The number of likely N-dealkylation sites (N-methyl/N-ethyl adjacent to an activating group) is 1. The van der Waals surface area contributed by atoms with Gasteiger partial charge in [0.1, 0.15) is 6.04 Å². The average molecular weight is 524 g/mol. The van der Waals surface area contributed by atoms with Gasteiger partial charge < -0.3 is 10.2 Å². The molecule has 8 heteroatoms. The molecule has 3 aromatic carbocycles. The van der Waals surface area contributed by atoms with Crippen LogP contribution in [0.25, 0.3) is 10.8 Å². The fourth-order valence-corrected chi connectivity index (χ4v) is 5.28. The quantitative estimate of drug-likeness (QED) is 0.401. The lowest BCUT2D eigenvalue weighted by molar-refractivity contribution is -0.141. The van der Waals surface area contributed by atoms with Gasteiger partial charge in [-0.15, -0.1) is 0 Å². The minimum absolute atomic E-state index is 0.0335. The summed E-state index contributed by atoms with van der Waals surface area (Å²) in [6, 6.07) is 19.4. The van der Waals surface area contributed by atoms with Gasteiger partial charge in [0.05, 0.1) is 11.4 Å². The number of aryl methyl sites for hydroxylation is 1. The molecule has 0 spiro atoms. The summed E-state index contributed by atoms with van der Waals surface area (Å²) < 4.78 is 27.8. The Kier molecular flexibility index (Phi) is 9.45. The normalized spacial score (nSPS) is 13.4. The van der Waals surface area contributed by atoms with Gasteiger partial charge in [-0.1, -0.05) is 74.0 Å². The second kappa shape index (κ2) is 12.3. The highest BCUT2D eigenvalue weighted by Gasteiger charge is 2.32. The number of hydrogen-bond acceptors (Lipinski definition) is 4. The fraction of sp³-hybridized carbons (Fsp3) is 0.379. The number of nitrogens with zero attached hydrogens (tertiary/aromatic N) is 2. The van der Waals surface area contributed by atoms with Crippen LogP contribution in [0.15, 0.2) is 71.6 Å². The van der Waals surface area contributed by atoms with Crippen molar-refractivity contribution in [3.63, 3.8) is 0 Å². The van der Waals surface area contributed by atoms with Crippen LogP contribution >= 0.6 is 0 Å². The lowest BCUT2D eigenvalue weighted by Gasteiger charge is -2.32. The summed E-state index contributed by atoms with van der Waals surface area (Å²) >= 11 is 0. The molecule has 0 aromatic heterocycles. The van der Waals surface area contributed by atoms with Crippen LogP contribution in [0, 0.1) is 6.92 Å². The van der Waals surface area contributed by atoms with Gasteiger partial charge in [0, 0.05) is 19.6 Å². The van der Waals surface area contributed by atoms with Gasteiger partial charge in [-0.2, -0.15) is 4.31 Å². The van der Waals surface area contributed by atoms with Crippen molar-refractivity contribution in [1.82, 2.24) is 14.5 Å². The number of benzene rings is 3. The van der Waals surface area contributed by atoms with Crippen molar-refractivity contribution in [2.45, 2.75) is 64.1 Å². The number of nitrogens with one attached hydrogen (secondary N) is 1. The molecule has 0 saturated heterocycles. The van der Waals surface area contributed by atoms with Crippen LogP contribution in [-0.2, 0) is 26.2 Å². The molecule has 0 bridgehead atoms. The summed E-state index contributed by atoms with van der Waals surface area (Å²) in [5.74, 6) is -0.670. The molecule has 0 saturated carbocycles. The highest BCUT2D eigenvalue weighted by molar-refractivity contribution is 7.89. The predicted molar refractivity (Wildman–Crippen MR) is 147 cm³/mol. The Labute approximate surface area is 220 Å². The standard InChI is InChI=1S/C29H37N3O4S/c1-6-22(4)30-29(34)27(7-2)32(19-23-14-12-21(3)13-15-23)28(33)20-31(5)37(35,36)26-17-16-24-10-8-9-11-25(24)18-26/h8-18,22,27H,6-7,19-20H2,1-5H3,(H,30,34)/t22-,27+/m0/s1. The van der Waals surface area contributed by atoms with Crippen molar-refractivity contribution in [3.8, 4) is 0 Å². The minimum atomic E-state index is -3.93. The van der Waals surface area contributed by atoms with E-state index in [1.807, 2.05) is 76.2 Å². The fourth-order valence-electron chi connectivity index (χ4n) is 4.12. The molecule has 3 aromatic rings. The number of hydrogen-bond donors (Lipinski definition) is 1. The van der Waals surface area contributed by atoms with Crippen molar-refractivity contribution in [2.24, 2.45) is 0 Å². The Morgan fingerprint density at radius 2 is 1.57 bits per heavy atom. The van der Waals surface area contributed by atoms with Gasteiger partial charge >= 0.3 is 0 Å². The third-order valence-corrected chi connectivity index (χ3v) is 8.45. The summed E-state index contributed by atoms with van der Waals surface area (Å²) in [6.07, 6.45) is 1.17. The molecule has 2 atom stereocenters. The van der Waals surface area contributed by atoms with E-state index in [0.29, 0.717) is 6.42 Å². The number of carbonyl (C=O) groups excluding carboxylic acids is 2. The SMILES string of the molecule is CC[C@H](C(=O)N[C@@H](C)CC)N(Cc1ccc(C)cc1)C(=O)CN(C)S(=O)(=O)c1ccc2ccccc2c1. The first kappa shape index (κ1) is 28.3. The van der Waals surface area contributed by atoms with Crippen molar-refractivity contribution in [1.29, 1.82) is 0 Å². The summed E-state index contributed by atoms with van der Waals surface area (Å²) in [6.45, 7) is 7.55. The molecule has 0 aliphatic carbocycles. The molecule has 0 heterocycles. The van der Waals surface area contributed by atoms with Crippen LogP contribution < -0.4 is 5.32 Å². The van der Waals surface area contributed by atoms with Gasteiger partial charge in [-0.25, -0.2) is 8.42 Å². The number of sulfonamides is 1. The molecule has 0 aliphatic rings. The summed E-state index contributed by atoms with van der Waals surface area (Å²) in [7, 11) is -2.53. The molecule has 37 heavy (non-hydrogen) atoms. The number of amides is 2. The zero-order valence-corrected chi connectivity index (χ0v) is 23.1. The molecule has 0 radical (unpaired) electrons. The summed E-state index contributed by atoms with van der Waals surface area (Å²) in [5.41, 5.74) is 1.96. The zero-order valence-electron chi connectivity index (χ0n) is 22.3. The van der Waals surface area contributed by atoms with E-state index < -0.39 is 22.0 Å². The molecule has 7 nitrogen and oxygen atoms in total. The van der Waals surface area contributed by atoms with Gasteiger partial charge in [0.15, 0.2) is 0 Å². The Bertz CT molecular complexity index is 1340. The van der Waals surface area contributed by atoms with Crippen LogP contribution in [0.4, 0.5) is 0 Å². The first-order chi connectivity index (χ1) is 17.6. The van der Waals surface area contributed by atoms with Gasteiger partial charge in [0.2, 0.25) is 21.8 Å². The Hall–Kier alpha value is -3.23. The second-order valence-corrected chi connectivity index (χ2v) is 11.6. The largest absolute Gasteiger partial charge is 0.352 e. The first-order valence-corrected chi connectivity index (χ1v) is 14.1. The van der Waals surface area contributed by atoms with Crippen molar-refractivity contribution in [2.75, 3.05) is 13.6 Å². The zero-order chi connectivity index (χ0) is 27.2. The molecule has 0 aliphatic heterocycles. The molecule has 198 valence electrons. The van der Waals surface area contributed by atoms with E-state index in [0.717, 1.165) is 32.6 Å². The van der Waals surface area contributed by atoms with E-state index in [2.05, 4.69) is 5.32 Å². The minimum Gasteiger partial charge on any atom is -0.352 e.